The second kappa shape index (κ2) is 5.03. The Balaban J connectivity index is 2.06. The van der Waals surface area contributed by atoms with E-state index in [0.717, 1.165) is 23.2 Å². The third-order valence-corrected chi connectivity index (χ3v) is 2.94. The van der Waals surface area contributed by atoms with Gasteiger partial charge in [0.25, 0.3) is 0 Å². The largest absolute Gasteiger partial charge is 0.351 e. The average molecular weight is 260 g/mol. The molecule has 1 aliphatic heterocycles. The molecule has 0 saturated heterocycles. The second-order valence-electron chi connectivity index (χ2n) is 6.01. The number of carbonyl (C=O) groups is 2. The zero-order valence-electron chi connectivity index (χ0n) is 11.7. The zero-order valence-corrected chi connectivity index (χ0v) is 11.7. The highest BCUT2D eigenvalue weighted by Gasteiger charge is 2.17. The molecule has 0 atom stereocenters. The Hall–Kier alpha value is -1.84. The van der Waals surface area contributed by atoms with Crippen molar-refractivity contribution < 1.29 is 9.59 Å². The molecule has 0 radical (unpaired) electrons. The lowest BCUT2D eigenvalue weighted by molar-refractivity contribution is -0.122. The van der Waals surface area contributed by atoms with Gasteiger partial charge in [-0.3, -0.25) is 9.59 Å². The number of amides is 2. The summed E-state index contributed by atoms with van der Waals surface area (Å²) in [5, 5.41) is 5.79. The van der Waals surface area contributed by atoms with Crippen LogP contribution in [0.1, 0.15) is 38.3 Å². The molecule has 4 heteroatoms. The van der Waals surface area contributed by atoms with Crippen molar-refractivity contribution >= 4 is 17.5 Å². The Morgan fingerprint density at radius 2 is 2.05 bits per heavy atom. The van der Waals surface area contributed by atoms with Gasteiger partial charge in [-0.05, 0) is 44.4 Å². The van der Waals surface area contributed by atoms with Gasteiger partial charge in [-0.25, -0.2) is 0 Å². The monoisotopic (exact) mass is 260 g/mol. The number of nitrogens with one attached hydrogen (secondary N) is 2. The minimum absolute atomic E-state index is 0.0206. The number of anilines is 1. The first-order valence-corrected chi connectivity index (χ1v) is 6.56. The van der Waals surface area contributed by atoms with Gasteiger partial charge >= 0.3 is 0 Å². The van der Waals surface area contributed by atoms with Crippen LogP contribution in [-0.2, 0) is 22.4 Å². The molecular formula is C15H20N2O2. The molecular weight excluding hydrogens is 240 g/mol. The molecule has 0 spiro atoms. The highest BCUT2D eigenvalue weighted by atomic mass is 16.2. The van der Waals surface area contributed by atoms with E-state index in [1.807, 2.05) is 39.0 Å². The molecule has 2 amide bonds. The van der Waals surface area contributed by atoms with Crippen molar-refractivity contribution in [3.05, 3.63) is 29.3 Å². The van der Waals surface area contributed by atoms with Crippen molar-refractivity contribution in [1.29, 1.82) is 0 Å². The summed E-state index contributed by atoms with van der Waals surface area (Å²) in [7, 11) is 0. The normalized spacial score (nSPS) is 14.6. The summed E-state index contributed by atoms with van der Waals surface area (Å²) in [5.74, 6) is 0.0815. The number of aryl methyl sites for hydroxylation is 1. The van der Waals surface area contributed by atoms with Crippen molar-refractivity contribution in [3.63, 3.8) is 0 Å². The topological polar surface area (TPSA) is 58.2 Å². The second-order valence-corrected chi connectivity index (χ2v) is 6.01. The molecule has 0 saturated carbocycles. The average Bonchev–Trinajstić information content (AvgIpc) is 2.26. The summed E-state index contributed by atoms with van der Waals surface area (Å²) in [6.07, 6.45) is 1.64. The van der Waals surface area contributed by atoms with Crippen molar-refractivity contribution in [3.8, 4) is 0 Å². The van der Waals surface area contributed by atoms with Crippen LogP contribution in [0.4, 0.5) is 5.69 Å². The van der Waals surface area contributed by atoms with Gasteiger partial charge < -0.3 is 10.6 Å². The van der Waals surface area contributed by atoms with E-state index in [9.17, 15) is 9.59 Å². The molecule has 2 rings (SSSR count). The molecule has 1 aromatic rings. The molecule has 102 valence electrons. The summed E-state index contributed by atoms with van der Waals surface area (Å²) in [6, 6.07) is 5.79. The quantitative estimate of drug-likeness (QED) is 0.854. The molecule has 0 bridgehead atoms. The van der Waals surface area contributed by atoms with Crippen LogP contribution in [0.25, 0.3) is 0 Å². The van der Waals surface area contributed by atoms with E-state index >= 15 is 0 Å². The molecule has 0 aliphatic carbocycles. The Bertz CT molecular complexity index is 515. The first-order chi connectivity index (χ1) is 8.83. The maximum Gasteiger partial charge on any atom is 0.224 e. The molecule has 0 fully saturated rings. The van der Waals surface area contributed by atoms with Crippen LogP contribution in [0.15, 0.2) is 18.2 Å². The van der Waals surface area contributed by atoms with Crippen molar-refractivity contribution in [1.82, 2.24) is 5.32 Å². The molecule has 0 unspecified atom stereocenters. The van der Waals surface area contributed by atoms with Gasteiger partial charge in [0, 0.05) is 17.6 Å². The van der Waals surface area contributed by atoms with E-state index < -0.39 is 0 Å². The third kappa shape index (κ3) is 3.81. The maximum absolute atomic E-state index is 11.9. The molecule has 0 aromatic heterocycles. The fraction of sp³-hybridized carbons (Fsp3) is 0.467. The molecule has 1 aromatic carbocycles. The van der Waals surface area contributed by atoms with Crippen molar-refractivity contribution in [2.75, 3.05) is 5.32 Å². The first kappa shape index (κ1) is 13.6. The van der Waals surface area contributed by atoms with Crippen molar-refractivity contribution in [2.45, 2.75) is 45.6 Å². The van der Waals surface area contributed by atoms with Gasteiger partial charge in [0.05, 0.1) is 6.42 Å². The number of hydrogen-bond donors (Lipinski definition) is 2. The fourth-order valence-corrected chi connectivity index (χ4v) is 2.19. The molecule has 4 nitrogen and oxygen atoms in total. The Morgan fingerprint density at radius 3 is 2.74 bits per heavy atom. The summed E-state index contributed by atoms with van der Waals surface area (Å²) in [4.78, 5) is 23.1. The van der Waals surface area contributed by atoms with Gasteiger partial charge in [-0.15, -0.1) is 0 Å². The predicted octanol–water partition coefficient (Wildman–Crippen LogP) is 2.03. The van der Waals surface area contributed by atoms with E-state index in [1.54, 1.807) is 0 Å². The standard InChI is InChI=1S/C15H20N2O2/c1-15(2,3)17-14(19)9-10-4-6-12-11(8-10)5-7-13(18)16-12/h4,6,8H,5,7,9H2,1-3H3,(H,16,18)(H,17,19). The lowest BCUT2D eigenvalue weighted by Crippen LogP contribution is -2.41. The Morgan fingerprint density at radius 1 is 1.32 bits per heavy atom. The van der Waals surface area contributed by atoms with Crippen LogP contribution in [0, 0.1) is 0 Å². The van der Waals surface area contributed by atoms with Gasteiger partial charge in [0.1, 0.15) is 0 Å². The SMILES string of the molecule is CC(C)(C)NC(=O)Cc1ccc2c(c1)CCC(=O)N2. The lowest BCUT2D eigenvalue weighted by Gasteiger charge is -2.21. The summed E-state index contributed by atoms with van der Waals surface area (Å²) < 4.78 is 0. The number of benzene rings is 1. The summed E-state index contributed by atoms with van der Waals surface area (Å²) in [6.45, 7) is 5.90. The Labute approximate surface area is 113 Å². The van der Waals surface area contributed by atoms with Gasteiger partial charge in [0.2, 0.25) is 11.8 Å². The first-order valence-electron chi connectivity index (χ1n) is 6.56. The molecule has 2 N–H and O–H groups in total. The number of carbonyl (C=O) groups excluding carboxylic acids is 2. The highest BCUT2D eigenvalue weighted by Crippen LogP contribution is 2.23. The highest BCUT2D eigenvalue weighted by molar-refractivity contribution is 5.94. The molecule has 1 aliphatic rings. The smallest absolute Gasteiger partial charge is 0.224 e. The minimum atomic E-state index is -0.209. The summed E-state index contributed by atoms with van der Waals surface area (Å²) in [5.41, 5.74) is 2.76. The third-order valence-electron chi connectivity index (χ3n) is 2.94. The van der Waals surface area contributed by atoms with E-state index in [1.165, 1.54) is 0 Å². The van der Waals surface area contributed by atoms with Crippen LogP contribution < -0.4 is 10.6 Å². The van der Waals surface area contributed by atoms with E-state index in [0.29, 0.717) is 12.8 Å². The predicted molar refractivity (Wildman–Crippen MR) is 75.0 cm³/mol. The lowest BCUT2D eigenvalue weighted by atomic mass is 9.99. The van der Waals surface area contributed by atoms with Crippen molar-refractivity contribution in [2.24, 2.45) is 0 Å². The van der Waals surface area contributed by atoms with Gasteiger partial charge in [-0.1, -0.05) is 12.1 Å². The van der Waals surface area contributed by atoms with Crippen LogP contribution in [0.5, 0.6) is 0 Å². The van der Waals surface area contributed by atoms with E-state index in [-0.39, 0.29) is 17.4 Å². The Kier molecular flexibility index (Phi) is 3.60. The minimum Gasteiger partial charge on any atom is -0.351 e. The van der Waals surface area contributed by atoms with Gasteiger partial charge in [-0.2, -0.15) is 0 Å². The maximum atomic E-state index is 11.9. The van der Waals surface area contributed by atoms with Crippen LogP contribution in [0.3, 0.4) is 0 Å². The van der Waals surface area contributed by atoms with Crippen LogP contribution >= 0.6 is 0 Å². The number of fused-ring (bicyclic) bond motifs is 1. The number of rotatable bonds is 2. The van der Waals surface area contributed by atoms with Gasteiger partial charge in [0.15, 0.2) is 0 Å². The number of hydrogen-bond acceptors (Lipinski definition) is 2. The zero-order chi connectivity index (χ0) is 14.0. The van der Waals surface area contributed by atoms with E-state index in [4.69, 9.17) is 0 Å². The van der Waals surface area contributed by atoms with Crippen LogP contribution in [0.2, 0.25) is 0 Å². The van der Waals surface area contributed by atoms with Crippen LogP contribution in [-0.4, -0.2) is 17.4 Å². The van der Waals surface area contributed by atoms with E-state index in [2.05, 4.69) is 10.6 Å². The summed E-state index contributed by atoms with van der Waals surface area (Å²) >= 11 is 0. The molecule has 19 heavy (non-hydrogen) atoms. The fourth-order valence-electron chi connectivity index (χ4n) is 2.19. The molecule has 1 heterocycles.